The molecule has 4 heterocycles. The third-order valence-electron chi connectivity index (χ3n) is 5.01. The summed E-state index contributed by atoms with van der Waals surface area (Å²) in [6, 6.07) is 5.79. The first kappa shape index (κ1) is 16.4. The van der Waals surface area contributed by atoms with Crippen LogP contribution in [-0.4, -0.2) is 81.5 Å². The number of ether oxygens (including phenoxy) is 1. The van der Waals surface area contributed by atoms with Gasteiger partial charge in [0.05, 0.1) is 5.60 Å². The van der Waals surface area contributed by atoms with Gasteiger partial charge in [-0.3, -0.25) is 4.90 Å². The molecule has 0 saturated carbocycles. The largest absolute Gasteiger partial charge is 0.388 e. The lowest BCUT2D eigenvalue weighted by Crippen LogP contribution is -2.53. The number of hydrogen-bond acceptors (Lipinski definition) is 7. The van der Waals surface area contributed by atoms with Crippen molar-refractivity contribution in [1.82, 2.24) is 24.9 Å². The van der Waals surface area contributed by atoms with Crippen molar-refractivity contribution in [3.8, 4) is 5.82 Å². The van der Waals surface area contributed by atoms with Crippen LogP contribution in [-0.2, 0) is 4.74 Å². The van der Waals surface area contributed by atoms with Gasteiger partial charge in [0.1, 0.15) is 0 Å². The highest BCUT2D eigenvalue weighted by Gasteiger charge is 2.33. The zero-order valence-electron chi connectivity index (χ0n) is 14.3. The van der Waals surface area contributed by atoms with E-state index in [0.717, 1.165) is 51.4 Å². The molecule has 0 radical (unpaired) electrons. The van der Waals surface area contributed by atoms with Crippen LogP contribution in [0.4, 0.5) is 5.82 Å². The van der Waals surface area contributed by atoms with Gasteiger partial charge in [-0.05, 0) is 18.2 Å². The van der Waals surface area contributed by atoms with Gasteiger partial charge in [-0.2, -0.15) is 5.10 Å². The molecule has 0 amide bonds. The van der Waals surface area contributed by atoms with E-state index in [0.29, 0.717) is 19.0 Å². The van der Waals surface area contributed by atoms with Crippen LogP contribution in [0.1, 0.15) is 12.8 Å². The molecule has 2 aromatic heterocycles. The molecule has 0 spiro atoms. The summed E-state index contributed by atoms with van der Waals surface area (Å²) in [5.74, 6) is 1.61. The monoisotopic (exact) mass is 344 g/mol. The third kappa shape index (κ3) is 3.81. The standard InChI is InChI=1S/C17H24N6O2/c24-17(4-12-25-13-5-17)14-21-8-10-22(11-9-21)15-2-3-16(20-19-15)23-7-1-6-18-23/h1-3,6-7,24H,4-5,8-14H2. The average Bonchev–Trinajstić information content (AvgIpc) is 3.18. The van der Waals surface area contributed by atoms with Crippen LogP contribution in [0.2, 0.25) is 0 Å². The van der Waals surface area contributed by atoms with Gasteiger partial charge in [0.15, 0.2) is 11.6 Å². The highest BCUT2D eigenvalue weighted by molar-refractivity contribution is 5.40. The fraction of sp³-hybridized carbons (Fsp3) is 0.588. The Balaban J connectivity index is 1.32. The molecule has 2 aliphatic rings. The van der Waals surface area contributed by atoms with E-state index in [2.05, 4.69) is 25.1 Å². The number of anilines is 1. The van der Waals surface area contributed by atoms with Crippen molar-refractivity contribution >= 4 is 5.82 Å². The van der Waals surface area contributed by atoms with E-state index in [9.17, 15) is 5.11 Å². The lowest BCUT2D eigenvalue weighted by molar-refractivity contribution is -0.0802. The van der Waals surface area contributed by atoms with Gasteiger partial charge in [-0.25, -0.2) is 4.68 Å². The van der Waals surface area contributed by atoms with Crippen LogP contribution in [0.3, 0.4) is 0 Å². The zero-order valence-corrected chi connectivity index (χ0v) is 14.3. The van der Waals surface area contributed by atoms with Gasteiger partial charge in [-0.1, -0.05) is 0 Å². The van der Waals surface area contributed by atoms with Crippen molar-refractivity contribution in [3.05, 3.63) is 30.6 Å². The summed E-state index contributed by atoms with van der Waals surface area (Å²) in [6.07, 6.45) is 5.03. The Morgan fingerprint density at radius 3 is 2.40 bits per heavy atom. The molecule has 0 aliphatic carbocycles. The normalized spacial score (nSPS) is 21.4. The minimum atomic E-state index is -0.592. The molecule has 2 fully saturated rings. The van der Waals surface area contributed by atoms with Gasteiger partial charge in [-0.15, -0.1) is 10.2 Å². The molecule has 1 N–H and O–H groups in total. The van der Waals surface area contributed by atoms with Crippen LogP contribution in [0, 0.1) is 0 Å². The molecule has 0 aromatic carbocycles. The quantitative estimate of drug-likeness (QED) is 0.856. The predicted molar refractivity (Wildman–Crippen MR) is 92.8 cm³/mol. The highest BCUT2D eigenvalue weighted by Crippen LogP contribution is 2.23. The third-order valence-corrected chi connectivity index (χ3v) is 5.01. The van der Waals surface area contributed by atoms with Crippen LogP contribution in [0.5, 0.6) is 0 Å². The average molecular weight is 344 g/mol. The van der Waals surface area contributed by atoms with E-state index in [1.807, 2.05) is 24.4 Å². The Morgan fingerprint density at radius 1 is 1.04 bits per heavy atom. The Hall–Kier alpha value is -2.03. The predicted octanol–water partition coefficient (Wildman–Crippen LogP) is 0.326. The number of β-amino-alcohol motifs (C(OH)–C–C–N with tert-alkyl or cyclic N) is 1. The van der Waals surface area contributed by atoms with Crippen LogP contribution >= 0.6 is 0 Å². The zero-order chi connectivity index (χ0) is 17.1. The number of aromatic nitrogens is 4. The summed E-state index contributed by atoms with van der Waals surface area (Å²) < 4.78 is 7.05. The van der Waals surface area contributed by atoms with Crippen molar-refractivity contribution in [2.75, 3.05) is 50.8 Å². The second kappa shape index (κ2) is 7.07. The summed E-state index contributed by atoms with van der Waals surface area (Å²) in [7, 11) is 0. The maximum absolute atomic E-state index is 10.7. The fourth-order valence-electron chi connectivity index (χ4n) is 3.47. The van der Waals surface area contributed by atoms with Gasteiger partial charge in [0.25, 0.3) is 0 Å². The molecule has 2 aliphatic heterocycles. The van der Waals surface area contributed by atoms with Crippen molar-refractivity contribution in [2.24, 2.45) is 0 Å². The molecule has 0 unspecified atom stereocenters. The van der Waals surface area contributed by atoms with Crippen molar-refractivity contribution in [3.63, 3.8) is 0 Å². The number of nitrogens with zero attached hydrogens (tertiary/aromatic N) is 6. The van der Waals surface area contributed by atoms with E-state index in [1.165, 1.54) is 0 Å². The summed E-state index contributed by atoms with van der Waals surface area (Å²) >= 11 is 0. The van der Waals surface area contributed by atoms with Crippen molar-refractivity contribution in [2.45, 2.75) is 18.4 Å². The lowest BCUT2D eigenvalue weighted by atomic mass is 9.93. The first-order chi connectivity index (χ1) is 12.2. The van der Waals surface area contributed by atoms with Crippen LogP contribution < -0.4 is 4.90 Å². The highest BCUT2D eigenvalue weighted by atomic mass is 16.5. The Bertz CT molecular complexity index is 661. The molecule has 134 valence electrons. The van der Waals surface area contributed by atoms with Gasteiger partial charge >= 0.3 is 0 Å². The first-order valence-corrected chi connectivity index (χ1v) is 8.83. The van der Waals surface area contributed by atoms with E-state index < -0.39 is 5.60 Å². The molecular formula is C17H24N6O2. The van der Waals surface area contributed by atoms with Crippen LogP contribution in [0.25, 0.3) is 5.82 Å². The van der Waals surface area contributed by atoms with Crippen LogP contribution in [0.15, 0.2) is 30.6 Å². The molecule has 25 heavy (non-hydrogen) atoms. The fourth-order valence-corrected chi connectivity index (χ4v) is 3.47. The molecule has 8 heteroatoms. The topological polar surface area (TPSA) is 79.5 Å². The van der Waals surface area contributed by atoms with Crippen molar-refractivity contribution in [1.29, 1.82) is 0 Å². The molecule has 2 aromatic rings. The molecule has 4 rings (SSSR count). The Morgan fingerprint density at radius 2 is 1.76 bits per heavy atom. The first-order valence-electron chi connectivity index (χ1n) is 8.83. The summed E-state index contributed by atoms with van der Waals surface area (Å²) in [6.45, 7) is 5.68. The second-order valence-electron chi connectivity index (χ2n) is 6.80. The molecule has 2 saturated heterocycles. The molecule has 0 atom stereocenters. The van der Waals surface area contributed by atoms with Gasteiger partial charge in [0.2, 0.25) is 0 Å². The Labute approximate surface area is 147 Å². The summed E-state index contributed by atoms with van der Waals surface area (Å²) in [4.78, 5) is 4.58. The van der Waals surface area contributed by atoms with Gasteiger partial charge < -0.3 is 14.7 Å². The van der Waals surface area contributed by atoms with E-state index in [4.69, 9.17) is 4.74 Å². The van der Waals surface area contributed by atoms with E-state index >= 15 is 0 Å². The number of piperazine rings is 1. The number of hydrogen-bond donors (Lipinski definition) is 1. The summed E-state index contributed by atoms with van der Waals surface area (Å²) in [5.41, 5.74) is -0.592. The van der Waals surface area contributed by atoms with Crippen molar-refractivity contribution < 1.29 is 9.84 Å². The maximum atomic E-state index is 10.7. The summed E-state index contributed by atoms with van der Waals surface area (Å²) in [5, 5.41) is 23.4. The van der Waals surface area contributed by atoms with E-state index in [1.54, 1.807) is 10.9 Å². The number of aliphatic hydroxyl groups is 1. The minimum Gasteiger partial charge on any atom is -0.388 e. The molecular weight excluding hydrogens is 320 g/mol. The molecule has 8 nitrogen and oxygen atoms in total. The smallest absolute Gasteiger partial charge is 0.175 e. The molecule has 0 bridgehead atoms. The second-order valence-corrected chi connectivity index (χ2v) is 6.80. The lowest BCUT2D eigenvalue weighted by Gasteiger charge is -2.41. The minimum absolute atomic E-state index is 0.592. The number of rotatable bonds is 4. The SMILES string of the molecule is OC1(CN2CCN(c3ccc(-n4cccn4)nn3)CC2)CCOCC1. The van der Waals surface area contributed by atoms with Gasteiger partial charge in [0, 0.05) is 71.2 Å². The van der Waals surface area contributed by atoms with E-state index in [-0.39, 0.29) is 0 Å². The maximum Gasteiger partial charge on any atom is 0.175 e. The Kier molecular flexibility index (Phi) is 4.65.